The molecule has 8 heteroatoms. The van der Waals surface area contributed by atoms with E-state index in [0.717, 1.165) is 36.9 Å². The lowest BCUT2D eigenvalue weighted by Crippen LogP contribution is -2.44. The Morgan fingerprint density at radius 2 is 2.00 bits per heavy atom. The van der Waals surface area contributed by atoms with Gasteiger partial charge in [-0.1, -0.05) is 31.0 Å². The van der Waals surface area contributed by atoms with E-state index in [1.165, 1.54) is 18.4 Å². The molecule has 0 spiro atoms. The molecule has 148 valence electrons. The van der Waals surface area contributed by atoms with Crippen molar-refractivity contribution < 1.29 is 4.74 Å². The molecule has 1 fully saturated rings. The zero-order valence-corrected chi connectivity index (χ0v) is 18.6. The van der Waals surface area contributed by atoms with Gasteiger partial charge in [0.1, 0.15) is 17.9 Å². The highest BCUT2D eigenvalue weighted by atomic mass is 127. The molecule has 1 saturated carbocycles. The monoisotopic (exact) mass is 484 g/mol. The number of benzene rings is 1. The van der Waals surface area contributed by atoms with Crippen LogP contribution in [0.2, 0.25) is 0 Å². The van der Waals surface area contributed by atoms with Crippen molar-refractivity contribution in [2.24, 2.45) is 12.0 Å². The van der Waals surface area contributed by atoms with Crippen LogP contribution < -0.4 is 15.4 Å². The summed E-state index contributed by atoms with van der Waals surface area (Å²) in [7, 11) is 5.42. The number of aryl methyl sites for hydroxylation is 1. The number of para-hydroxylation sites is 1. The fraction of sp³-hybridized carbons (Fsp3) is 0.526. The summed E-state index contributed by atoms with van der Waals surface area (Å²) in [6.07, 6.45) is 6.35. The molecule has 1 aliphatic rings. The number of hydrogen-bond acceptors (Lipinski definition) is 4. The van der Waals surface area contributed by atoms with Crippen molar-refractivity contribution in [2.45, 2.75) is 37.6 Å². The quantitative estimate of drug-likeness (QED) is 0.375. The van der Waals surface area contributed by atoms with E-state index in [4.69, 9.17) is 4.74 Å². The molecule has 27 heavy (non-hydrogen) atoms. The Morgan fingerprint density at radius 1 is 1.26 bits per heavy atom. The maximum atomic E-state index is 5.63. The molecule has 2 N–H and O–H groups in total. The van der Waals surface area contributed by atoms with E-state index in [0.29, 0.717) is 6.54 Å². The fourth-order valence-electron chi connectivity index (χ4n) is 3.79. The van der Waals surface area contributed by atoms with Crippen LogP contribution in [0.1, 0.15) is 37.1 Å². The topological polar surface area (TPSA) is 76.4 Å². The van der Waals surface area contributed by atoms with Gasteiger partial charge in [0.25, 0.3) is 0 Å². The number of methoxy groups -OCH3 is 1. The molecule has 0 saturated heterocycles. The molecule has 1 heterocycles. The molecule has 0 atom stereocenters. The number of hydrogen-bond donors (Lipinski definition) is 2. The summed E-state index contributed by atoms with van der Waals surface area (Å²) in [6.45, 7) is 1.41. The Labute approximate surface area is 178 Å². The summed E-state index contributed by atoms with van der Waals surface area (Å²) in [5.74, 6) is 2.61. The fourth-order valence-corrected chi connectivity index (χ4v) is 3.79. The van der Waals surface area contributed by atoms with Gasteiger partial charge in [0.15, 0.2) is 5.96 Å². The number of guanidine groups is 1. The van der Waals surface area contributed by atoms with Crippen LogP contribution >= 0.6 is 24.0 Å². The first-order valence-corrected chi connectivity index (χ1v) is 9.09. The summed E-state index contributed by atoms with van der Waals surface area (Å²) >= 11 is 0. The average Bonchev–Trinajstić information content (AvgIpc) is 3.32. The first-order valence-electron chi connectivity index (χ1n) is 9.09. The normalized spacial score (nSPS) is 15.9. The summed E-state index contributed by atoms with van der Waals surface area (Å²) in [5, 5.41) is 10.9. The molecule has 0 amide bonds. The van der Waals surface area contributed by atoms with E-state index in [9.17, 15) is 0 Å². The van der Waals surface area contributed by atoms with Gasteiger partial charge in [-0.3, -0.25) is 9.67 Å². The second kappa shape index (κ2) is 9.91. The molecule has 0 radical (unpaired) electrons. The van der Waals surface area contributed by atoms with Crippen LogP contribution in [0.3, 0.4) is 0 Å². The minimum absolute atomic E-state index is 0. The Hall–Kier alpha value is -1.84. The Balaban J connectivity index is 0.00000261. The number of aliphatic imine (C=N–C) groups is 1. The molecular formula is C19H29IN6O. The van der Waals surface area contributed by atoms with Gasteiger partial charge in [0.2, 0.25) is 0 Å². The van der Waals surface area contributed by atoms with E-state index in [-0.39, 0.29) is 29.4 Å². The molecule has 0 bridgehead atoms. The molecule has 1 aliphatic carbocycles. The summed E-state index contributed by atoms with van der Waals surface area (Å²) in [4.78, 5) is 8.58. The zero-order chi connectivity index (χ0) is 18.4. The van der Waals surface area contributed by atoms with Crippen LogP contribution in [0.25, 0.3) is 0 Å². The predicted octanol–water partition coefficient (Wildman–Crippen LogP) is 2.62. The van der Waals surface area contributed by atoms with Gasteiger partial charge in [0.05, 0.1) is 13.7 Å². The van der Waals surface area contributed by atoms with Crippen LogP contribution in [0, 0.1) is 0 Å². The van der Waals surface area contributed by atoms with Crippen LogP contribution in [-0.2, 0) is 19.0 Å². The van der Waals surface area contributed by atoms with Gasteiger partial charge in [-0.05, 0) is 18.9 Å². The summed E-state index contributed by atoms with van der Waals surface area (Å²) in [6, 6.07) is 8.37. The van der Waals surface area contributed by atoms with E-state index < -0.39 is 0 Å². The third kappa shape index (κ3) is 4.91. The number of ether oxygens (including phenoxy) is 1. The van der Waals surface area contributed by atoms with Gasteiger partial charge in [-0.25, -0.2) is 4.98 Å². The lowest BCUT2D eigenvalue weighted by molar-refractivity contribution is 0.371. The second-order valence-corrected chi connectivity index (χ2v) is 6.77. The molecule has 0 aliphatic heterocycles. The van der Waals surface area contributed by atoms with E-state index in [1.54, 1.807) is 25.2 Å². The number of aromatic nitrogens is 3. The Kier molecular flexibility index (Phi) is 7.88. The average molecular weight is 484 g/mol. The van der Waals surface area contributed by atoms with Crippen molar-refractivity contribution in [1.82, 2.24) is 25.4 Å². The van der Waals surface area contributed by atoms with Gasteiger partial charge in [-0.15, -0.1) is 24.0 Å². The Morgan fingerprint density at radius 3 is 2.63 bits per heavy atom. The number of rotatable bonds is 6. The van der Waals surface area contributed by atoms with Crippen molar-refractivity contribution in [3.8, 4) is 5.75 Å². The molecule has 2 aromatic rings. The van der Waals surface area contributed by atoms with Crippen LogP contribution in [-0.4, -0.2) is 41.4 Å². The number of nitrogens with zero attached hydrogens (tertiary/aromatic N) is 4. The highest BCUT2D eigenvalue weighted by Crippen LogP contribution is 2.44. The molecule has 0 unspecified atom stereocenters. The SMILES string of the molecule is CN=C(NCc1ncnn1C)NCC1(c2ccccc2OC)CCCC1.I. The highest BCUT2D eigenvalue weighted by Gasteiger charge is 2.37. The van der Waals surface area contributed by atoms with E-state index in [2.05, 4.69) is 43.9 Å². The lowest BCUT2D eigenvalue weighted by atomic mass is 9.78. The summed E-state index contributed by atoms with van der Waals surface area (Å²) < 4.78 is 7.39. The molecular weight excluding hydrogens is 455 g/mol. The third-order valence-electron chi connectivity index (χ3n) is 5.28. The van der Waals surface area contributed by atoms with Crippen LogP contribution in [0.15, 0.2) is 35.6 Å². The van der Waals surface area contributed by atoms with Crippen molar-refractivity contribution in [3.05, 3.63) is 42.0 Å². The zero-order valence-electron chi connectivity index (χ0n) is 16.2. The minimum atomic E-state index is 0. The van der Waals surface area contributed by atoms with Gasteiger partial charge < -0.3 is 15.4 Å². The third-order valence-corrected chi connectivity index (χ3v) is 5.28. The van der Waals surface area contributed by atoms with Gasteiger partial charge in [0, 0.05) is 31.6 Å². The lowest BCUT2D eigenvalue weighted by Gasteiger charge is -2.32. The molecule has 1 aromatic heterocycles. The van der Waals surface area contributed by atoms with Gasteiger partial charge in [-0.2, -0.15) is 5.10 Å². The van der Waals surface area contributed by atoms with Crippen LogP contribution in [0.5, 0.6) is 5.75 Å². The van der Waals surface area contributed by atoms with Crippen LogP contribution in [0.4, 0.5) is 0 Å². The molecule has 3 rings (SSSR count). The number of nitrogens with one attached hydrogen (secondary N) is 2. The number of halogens is 1. The van der Waals surface area contributed by atoms with Crippen molar-refractivity contribution in [3.63, 3.8) is 0 Å². The maximum Gasteiger partial charge on any atom is 0.191 e. The smallest absolute Gasteiger partial charge is 0.191 e. The van der Waals surface area contributed by atoms with Crippen molar-refractivity contribution >= 4 is 29.9 Å². The van der Waals surface area contributed by atoms with E-state index in [1.807, 2.05) is 13.1 Å². The second-order valence-electron chi connectivity index (χ2n) is 6.77. The first-order chi connectivity index (χ1) is 12.7. The Bertz CT molecular complexity index is 754. The first kappa shape index (κ1) is 21.5. The highest BCUT2D eigenvalue weighted by molar-refractivity contribution is 14.0. The van der Waals surface area contributed by atoms with E-state index >= 15 is 0 Å². The maximum absolute atomic E-state index is 5.63. The standard InChI is InChI=1S/C19H28N6O.HI/c1-20-18(21-12-17-23-14-24-25(17)2)22-13-19(10-6-7-11-19)15-8-4-5-9-16(15)26-3;/h4-5,8-9,14H,6-7,10-13H2,1-3H3,(H2,20,21,22);1H. The molecule has 7 nitrogen and oxygen atoms in total. The summed E-state index contributed by atoms with van der Waals surface area (Å²) in [5.41, 5.74) is 1.37. The van der Waals surface area contributed by atoms with Gasteiger partial charge >= 0.3 is 0 Å². The van der Waals surface area contributed by atoms with Crippen molar-refractivity contribution in [1.29, 1.82) is 0 Å². The predicted molar refractivity (Wildman–Crippen MR) is 118 cm³/mol. The minimum Gasteiger partial charge on any atom is -0.496 e. The molecule has 1 aromatic carbocycles. The largest absolute Gasteiger partial charge is 0.496 e. The van der Waals surface area contributed by atoms with Crippen molar-refractivity contribution in [2.75, 3.05) is 20.7 Å².